The number of hydrogen-bond donors (Lipinski definition) is 0. The Hall–Kier alpha value is -4.20. The number of benzene rings is 4. The molecule has 4 aromatic carbocycles. The summed E-state index contributed by atoms with van der Waals surface area (Å²) in [5.41, 5.74) is -0.0216. The van der Waals surface area contributed by atoms with Crippen molar-refractivity contribution in [2.75, 3.05) is 7.11 Å². The Morgan fingerprint density at radius 1 is 0.585 bits per heavy atom. The molecule has 7 heteroatoms. The lowest BCUT2D eigenvalue weighted by Gasteiger charge is -2.58. The first-order valence-electron chi connectivity index (χ1n) is 25.5. The Bertz CT molecular complexity index is 2270. The number of carbonyl (C=O) groups is 2. The maximum absolute atomic E-state index is 16.9. The molecule has 0 heterocycles. The van der Waals surface area contributed by atoms with E-state index in [1.807, 2.05) is 12.1 Å². The molecule has 10 aliphatic rings. The zero-order valence-corrected chi connectivity index (χ0v) is 40.0. The van der Waals surface area contributed by atoms with Gasteiger partial charge in [0.2, 0.25) is 0 Å². The number of aryl methyl sites for hydroxylation is 1. The molecule has 0 saturated heterocycles. The van der Waals surface area contributed by atoms with Crippen LogP contribution in [-0.2, 0) is 35.5 Å². The predicted molar refractivity (Wildman–Crippen MR) is 255 cm³/mol. The molecular formula is C58H68O6Si. The van der Waals surface area contributed by atoms with Gasteiger partial charge >= 0.3 is 11.9 Å². The molecule has 8 bridgehead atoms. The molecule has 3 unspecified atom stereocenters. The summed E-state index contributed by atoms with van der Waals surface area (Å²) in [5.74, 6) is 3.70. The largest absolute Gasteiger partial charge is 0.497 e. The van der Waals surface area contributed by atoms with Crippen LogP contribution in [0.15, 0.2) is 109 Å². The van der Waals surface area contributed by atoms with E-state index in [9.17, 15) is 0 Å². The van der Waals surface area contributed by atoms with E-state index in [0.29, 0.717) is 47.3 Å². The first-order valence-corrected chi connectivity index (χ1v) is 27.4. The molecule has 9 fully saturated rings. The van der Waals surface area contributed by atoms with Crippen LogP contribution >= 0.6 is 0 Å². The fourth-order valence-corrected chi connectivity index (χ4v) is 21.8. The number of ether oxygens (including phenoxy) is 3. The highest BCUT2D eigenvalue weighted by Gasteiger charge is 2.78. The number of esters is 2. The van der Waals surface area contributed by atoms with Crippen LogP contribution in [0.3, 0.4) is 0 Å². The lowest BCUT2D eigenvalue weighted by Crippen LogP contribution is -2.73. The van der Waals surface area contributed by atoms with Crippen LogP contribution in [0.25, 0.3) is 0 Å². The van der Waals surface area contributed by atoms with Crippen molar-refractivity contribution in [2.45, 2.75) is 133 Å². The normalized spacial score (nSPS) is 37.4. The summed E-state index contributed by atoms with van der Waals surface area (Å²) >= 11 is 0. The van der Waals surface area contributed by atoms with Gasteiger partial charge in [0.15, 0.2) is 5.41 Å². The number of methoxy groups -OCH3 is 1. The van der Waals surface area contributed by atoms with Crippen LogP contribution in [0.5, 0.6) is 5.75 Å². The Morgan fingerprint density at radius 2 is 1.05 bits per heavy atom. The minimum atomic E-state index is -3.52. The van der Waals surface area contributed by atoms with Gasteiger partial charge in [0.05, 0.1) is 7.11 Å². The smallest absolute Gasteiger partial charge is 0.327 e. The molecule has 340 valence electrons. The topological polar surface area (TPSA) is 71.1 Å². The number of fused-ring (bicyclic) bond motifs is 3. The van der Waals surface area contributed by atoms with Crippen molar-refractivity contribution in [1.82, 2.24) is 0 Å². The van der Waals surface area contributed by atoms with Gasteiger partial charge in [-0.05, 0) is 181 Å². The molecule has 0 N–H and O–H groups in total. The summed E-state index contributed by atoms with van der Waals surface area (Å²) in [6.07, 6.45) is 12.9. The Morgan fingerprint density at radius 3 is 1.51 bits per heavy atom. The number of rotatable bonds is 10. The van der Waals surface area contributed by atoms with Crippen LogP contribution in [-0.4, -0.2) is 39.6 Å². The van der Waals surface area contributed by atoms with E-state index in [0.717, 1.165) is 97.0 Å². The third-order valence-corrected chi connectivity index (χ3v) is 24.1. The molecule has 0 aliphatic heterocycles. The van der Waals surface area contributed by atoms with Crippen LogP contribution in [0.1, 0.15) is 120 Å². The second-order valence-corrected chi connectivity index (χ2v) is 27.6. The Labute approximate surface area is 387 Å². The summed E-state index contributed by atoms with van der Waals surface area (Å²) in [5, 5.41) is 1.81. The third-order valence-electron chi connectivity index (χ3n) is 19.0. The van der Waals surface area contributed by atoms with E-state index >= 15 is 9.59 Å². The average molecular weight is 889 g/mol. The van der Waals surface area contributed by atoms with E-state index < -0.39 is 36.3 Å². The van der Waals surface area contributed by atoms with Crippen LogP contribution in [0.4, 0.5) is 0 Å². The highest BCUT2D eigenvalue weighted by atomic mass is 28.4. The van der Waals surface area contributed by atoms with Gasteiger partial charge in [-0.25, -0.2) is 0 Å². The van der Waals surface area contributed by atoms with Crippen LogP contribution in [0.2, 0.25) is 5.04 Å². The minimum absolute atomic E-state index is 0.204. The number of carbonyl (C=O) groups excluding carboxylic acids is 2. The molecule has 9 saturated carbocycles. The highest BCUT2D eigenvalue weighted by molar-refractivity contribution is 6.99. The maximum atomic E-state index is 16.9. The van der Waals surface area contributed by atoms with Crippen molar-refractivity contribution in [3.8, 4) is 5.75 Å². The highest BCUT2D eigenvalue weighted by Crippen LogP contribution is 2.70. The Kier molecular flexibility index (Phi) is 10.2. The van der Waals surface area contributed by atoms with Gasteiger partial charge in [0, 0.05) is 5.92 Å². The molecule has 0 spiro atoms. The van der Waals surface area contributed by atoms with E-state index in [2.05, 4.69) is 118 Å². The fraction of sp³-hybridized carbons (Fsp3) is 0.552. The lowest BCUT2D eigenvalue weighted by molar-refractivity contribution is -0.216. The van der Waals surface area contributed by atoms with Gasteiger partial charge in [-0.2, -0.15) is 0 Å². The van der Waals surface area contributed by atoms with Gasteiger partial charge in [0.1, 0.15) is 23.6 Å². The summed E-state index contributed by atoms with van der Waals surface area (Å²) in [6, 6.07) is 38.7. The van der Waals surface area contributed by atoms with E-state index in [-0.39, 0.29) is 30.5 Å². The molecule has 4 aromatic rings. The van der Waals surface area contributed by atoms with Gasteiger partial charge in [0.25, 0.3) is 8.32 Å². The first kappa shape index (κ1) is 42.2. The maximum Gasteiger partial charge on any atom is 0.327 e. The Balaban J connectivity index is 1.12. The molecule has 3 atom stereocenters. The zero-order chi connectivity index (χ0) is 44.3. The second-order valence-electron chi connectivity index (χ2n) is 23.4. The van der Waals surface area contributed by atoms with Crippen LogP contribution < -0.4 is 15.1 Å². The monoisotopic (exact) mass is 888 g/mol. The van der Waals surface area contributed by atoms with Gasteiger partial charge < -0.3 is 18.6 Å². The summed E-state index contributed by atoms with van der Waals surface area (Å²) in [6.45, 7) is 6.95. The molecule has 65 heavy (non-hydrogen) atoms. The average Bonchev–Trinajstić information content (AvgIpc) is 3.62. The van der Waals surface area contributed by atoms with E-state index in [1.54, 1.807) is 7.11 Å². The van der Waals surface area contributed by atoms with Crippen molar-refractivity contribution in [2.24, 2.45) is 58.7 Å². The molecule has 0 aromatic heterocycles. The minimum Gasteiger partial charge on any atom is -0.497 e. The van der Waals surface area contributed by atoms with E-state index in [1.165, 1.54) is 12.8 Å². The van der Waals surface area contributed by atoms with Crippen molar-refractivity contribution < 1.29 is 28.2 Å². The molecule has 0 amide bonds. The molecule has 0 radical (unpaired) electrons. The first-order chi connectivity index (χ1) is 31.5. The fourth-order valence-electron chi connectivity index (χ4n) is 16.9. The molecular weight excluding hydrogens is 821 g/mol. The molecule has 10 aliphatic carbocycles. The standard InChI is InChI=1S/C58H68O6Si/c1-56(2,3)65(47-14-7-5-8-15-47,48-16-9-6-10-17-48)64-58-50-18-12-11-13-41(50)21-24-51(58)49(40-19-22-46(61-4)23-20-40)35-57(58,54(59)62-52-42-27-36-25-37(29-42)30-43(52)28-36)55(60)63-53-44-31-38-26-39(33-44)34-45(53)32-38/h5-20,22-23,36-39,42-45,49,51-53H,21,24-35H2,1-4H3. The van der Waals surface area contributed by atoms with Gasteiger partial charge in [-0.15, -0.1) is 0 Å². The summed E-state index contributed by atoms with van der Waals surface area (Å²) < 4.78 is 29.2. The van der Waals surface area contributed by atoms with E-state index in [4.69, 9.17) is 18.6 Å². The summed E-state index contributed by atoms with van der Waals surface area (Å²) in [4.78, 5) is 33.8. The van der Waals surface area contributed by atoms with Crippen molar-refractivity contribution in [3.63, 3.8) is 0 Å². The van der Waals surface area contributed by atoms with Crippen molar-refractivity contribution in [3.05, 3.63) is 126 Å². The lowest BCUT2D eigenvalue weighted by atomic mass is 9.55. The number of hydrogen-bond acceptors (Lipinski definition) is 6. The molecule has 14 rings (SSSR count). The van der Waals surface area contributed by atoms with Gasteiger partial charge in [-0.1, -0.05) is 118 Å². The second kappa shape index (κ2) is 15.7. The van der Waals surface area contributed by atoms with Crippen molar-refractivity contribution >= 4 is 30.6 Å². The molecule has 6 nitrogen and oxygen atoms in total. The SMILES string of the molecule is COc1ccc(C2CC(C(=O)OC3C4CC5CC(C4)CC3C5)(C(=O)OC3C4CC5CC(C4)CC3C5)C3(O[Si](c4ccccc4)(c4ccccc4)C(C)(C)C)c4ccccc4CCC23)cc1. The van der Waals surface area contributed by atoms with Crippen molar-refractivity contribution in [1.29, 1.82) is 0 Å². The van der Waals surface area contributed by atoms with Gasteiger partial charge in [-0.3, -0.25) is 9.59 Å². The van der Waals surface area contributed by atoms with Crippen LogP contribution in [0, 0.1) is 58.7 Å². The quantitative estimate of drug-likeness (QED) is 0.0897. The third kappa shape index (κ3) is 6.39. The predicted octanol–water partition coefficient (Wildman–Crippen LogP) is 10.9. The zero-order valence-electron chi connectivity index (χ0n) is 39.0. The summed E-state index contributed by atoms with van der Waals surface area (Å²) in [7, 11) is -1.81.